The molecule has 98 valence electrons. The lowest BCUT2D eigenvalue weighted by Crippen LogP contribution is -2.23. The number of ketones is 1. The van der Waals surface area contributed by atoms with Crippen molar-refractivity contribution in [3.8, 4) is 5.75 Å². The zero-order valence-corrected chi connectivity index (χ0v) is 11.8. The summed E-state index contributed by atoms with van der Waals surface area (Å²) in [6.07, 6.45) is -0.600. The molecule has 4 heteroatoms. The highest BCUT2D eigenvalue weighted by Gasteiger charge is 2.16. The van der Waals surface area contributed by atoms with Gasteiger partial charge in [0.25, 0.3) is 0 Å². The molecule has 0 aliphatic heterocycles. The summed E-state index contributed by atoms with van der Waals surface area (Å²) >= 11 is 11.8. The average molecular weight is 295 g/mol. The molecule has 19 heavy (non-hydrogen) atoms. The van der Waals surface area contributed by atoms with Crippen LogP contribution in [0.4, 0.5) is 0 Å². The second-order valence-electron chi connectivity index (χ2n) is 4.10. The molecule has 2 aromatic carbocycles. The van der Waals surface area contributed by atoms with Crippen molar-refractivity contribution in [2.75, 3.05) is 0 Å². The number of hydrogen-bond acceptors (Lipinski definition) is 2. The summed E-state index contributed by atoms with van der Waals surface area (Å²) in [5, 5.41) is 0.948. The van der Waals surface area contributed by atoms with Crippen molar-refractivity contribution >= 4 is 29.0 Å². The van der Waals surface area contributed by atoms with Gasteiger partial charge in [-0.15, -0.1) is 0 Å². The van der Waals surface area contributed by atoms with E-state index in [0.29, 0.717) is 21.4 Å². The minimum absolute atomic E-state index is 0.0864. The molecule has 0 saturated heterocycles. The highest BCUT2D eigenvalue weighted by atomic mass is 35.5. The number of carbonyl (C=O) groups excluding carboxylic acids is 1. The maximum absolute atomic E-state index is 12.1. The molecule has 0 amide bonds. The normalized spacial score (nSPS) is 11.9. The lowest BCUT2D eigenvalue weighted by molar-refractivity contribution is 0.0818. The summed E-state index contributed by atoms with van der Waals surface area (Å²) in [4.78, 5) is 12.1. The first kappa shape index (κ1) is 13.9. The third-order valence-corrected chi connectivity index (χ3v) is 3.01. The van der Waals surface area contributed by atoms with Crippen molar-refractivity contribution < 1.29 is 9.53 Å². The van der Waals surface area contributed by atoms with Crippen molar-refractivity contribution in [3.05, 3.63) is 64.1 Å². The van der Waals surface area contributed by atoms with E-state index in [-0.39, 0.29) is 5.78 Å². The smallest absolute Gasteiger partial charge is 0.202 e. The first-order chi connectivity index (χ1) is 9.06. The molecule has 0 heterocycles. The number of ether oxygens (including phenoxy) is 1. The maximum Gasteiger partial charge on any atom is 0.202 e. The topological polar surface area (TPSA) is 26.3 Å². The number of hydrogen-bond donors (Lipinski definition) is 0. The summed E-state index contributed by atoms with van der Waals surface area (Å²) in [6.45, 7) is 1.70. The lowest BCUT2D eigenvalue weighted by Gasteiger charge is -2.14. The van der Waals surface area contributed by atoms with Crippen LogP contribution in [0, 0.1) is 0 Å². The van der Waals surface area contributed by atoms with Gasteiger partial charge in [0.2, 0.25) is 5.78 Å². The number of Topliss-reactive ketones (excluding diaryl/α,β-unsaturated/α-hetero) is 1. The van der Waals surface area contributed by atoms with E-state index >= 15 is 0 Å². The SMILES string of the molecule is CC(Oc1cc(Cl)cc(Cl)c1)C(=O)c1ccccc1. The first-order valence-electron chi connectivity index (χ1n) is 5.78. The van der Waals surface area contributed by atoms with Crippen LogP contribution in [0.15, 0.2) is 48.5 Å². The fraction of sp³-hybridized carbons (Fsp3) is 0.133. The van der Waals surface area contributed by atoms with E-state index in [1.165, 1.54) is 0 Å². The zero-order chi connectivity index (χ0) is 13.8. The molecule has 0 bridgehead atoms. The molecule has 0 radical (unpaired) electrons. The molecule has 0 spiro atoms. The van der Waals surface area contributed by atoms with Crippen LogP contribution in [0.1, 0.15) is 17.3 Å². The Morgan fingerprint density at radius 2 is 1.63 bits per heavy atom. The van der Waals surface area contributed by atoms with E-state index in [2.05, 4.69) is 0 Å². The van der Waals surface area contributed by atoms with E-state index in [4.69, 9.17) is 27.9 Å². The van der Waals surface area contributed by atoms with Gasteiger partial charge in [0.15, 0.2) is 6.10 Å². The van der Waals surface area contributed by atoms with Crippen LogP contribution < -0.4 is 4.74 Å². The van der Waals surface area contributed by atoms with E-state index in [0.717, 1.165) is 0 Å². The fourth-order valence-electron chi connectivity index (χ4n) is 1.69. The van der Waals surface area contributed by atoms with Crippen LogP contribution in [-0.4, -0.2) is 11.9 Å². The lowest BCUT2D eigenvalue weighted by atomic mass is 10.1. The van der Waals surface area contributed by atoms with Gasteiger partial charge in [-0.1, -0.05) is 53.5 Å². The molecule has 2 aromatic rings. The predicted octanol–water partition coefficient (Wildman–Crippen LogP) is 4.64. The third kappa shape index (κ3) is 3.72. The monoisotopic (exact) mass is 294 g/mol. The number of halogens is 2. The summed E-state index contributed by atoms with van der Waals surface area (Å²) < 4.78 is 5.57. The Hall–Kier alpha value is -1.51. The van der Waals surface area contributed by atoms with Crippen molar-refractivity contribution in [2.45, 2.75) is 13.0 Å². The molecule has 0 aliphatic carbocycles. The van der Waals surface area contributed by atoms with Crippen LogP contribution in [0.25, 0.3) is 0 Å². The summed E-state index contributed by atoms with van der Waals surface area (Å²) in [5.41, 5.74) is 0.614. The maximum atomic E-state index is 12.1. The largest absolute Gasteiger partial charge is 0.482 e. The highest BCUT2D eigenvalue weighted by molar-refractivity contribution is 6.34. The van der Waals surface area contributed by atoms with Crippen LogP contribution in [0.2, 0.25) is 10.0 Å². The summed E-state index contributed by atoms with van der Waals surface area (Å²) in [6, 6.07) is 13.9. The van der Waals surface area contributed by atoms with Crippen molar-refractivity contribution in [1.82, 2.24) is 0 Å². The van der Waals surface area contributed by atoms with Crippen molar-refractivity contribution in [3.63, 3.8) is 0 Å². The highest BCUT2D eigenvalue weighted by Crippen LogP contribution is 2.25. The third-order valence-electron chi connectivity index (χ3n) is 2.58. The quantitative estimate of drug-likeness (QED) is 0.768. The van der Waals surface area contributed by atoms with Gasteiger partial charge in [0, 0.05) is 15.6 Å². The van der Waals surface area contributed by atoms with Crippen LogP contribution >= 0.6 is 23.2 Å². The molecule has 1 unspecified atom stereocenters. The van der Waals surface area contributed by atoms with Gasteiger partial charge in [-0.05, 0) is 25.1 Å². The zero-order valence-electron chi connectivity index (χ0n) is 10.3. The minimum atomic E-state index is -0.600. The Bertz CT molecular complexity index is 562. The molecule has 0 fully saturated rings. The number of benzene rings is 2. The van der Waals surface area contributed by atoms with Gasteiger partial charge in [0.05, 0.1) is 0 Å². The van der Waals surface area contributed by atoms with Gasteiger partial charge in [0.1, 0.15) is 5.75 Å². The van der Waals surface area contributed by atoms with Crippen LogP contribution in [-0.2, 0) is 0 Å². The molecular weight excluding hydrogens is 283 g/mol. The number of carbonyl (C=O) groups is 1. The Morgan fingerprint density at radius 3 is 2.21 bits per heavy atom. The first-order valence-corrected chi connectivity index (χ1v) is 6.54. The molecular formula is C15H12Cl2O2. The fourth-order valence-corrected chi connectivity index (χ4v) is 2.20. The Balaban J connectivity index is 2.13. The van der Waals surface area contributed by atoms with Crippen molar-refractivity contribution in [1.29, 1.82) is 0 Å². The van der Waals surface area contributed by atoms with Crippen LogP contribution in [0.5, 0.6) is 5.75 Å². The number of rotatable bonds is 4. The predicted molar refractivity (Wildman–Crippen MR) is 77.3 cm³/mol. The Morgan fingerprint density at radius 1 is 1.05 bits per heavy atom. The van der Waals surface area contributed by atoms with Crippen molar-refractivity contribution in [2.24, 2.45) is 0 Å². The van der Waals surface area contributed by atoms with Gasteiger partial charge < -0.3 is 4.74 Å². The molecule has 0 N–H and O–H groups in total. The minimum Gasteiger partial charge on any atom is -0.482 e. The van der Waals surface area contributed by atoms with E-state index in [1.54, 1.807) is 37.3 Å². The second kappa shape index (κ2) is 6.09. The molecule has 0 aliphatic rings. The van der Waals surface area contributed by atoms with Gasteiger partial charge in [-0.2, -0.15) is 0 Å². The Kier molecular flexibility index (Phi) is 4.46. The van der Waals surface area contributed by atoms with Gasteiger partial charge in [-0.3, -0.25) is 4.79 Å². The molecule has 0 saturated carbocycles. The molecule has 0 aromatic heterocycles. The average Bonchev–Trinajstić information content (AvgIpc) is 2.37. The molecule has 2 rings (SSSR count). The van der Waals surface area contributed by atoms with E-state index in [1.807, 2.05) is 18.2 Å². The van der Waals surface area contributed by atoms with Gasteiger partial charge >= 0.3 is 0 Å². The second-order valence-corrected chi connectivity index (χ2v) is 4.97. The summed E-state index contributed by atoms with van der Waals surface area (Å²) in [5.74, 6) is 0.394. The molecule has 2 nitrogen and oxygen atoms in total. The van der Waals surface area contributed by atoms with E-state index in [9.17, 15) is 4.79 Å². The van der Waals surface area contributed by atoms with E-state index < -0.39 is 6.10 Å². The summed E-state index contributed by atoms with van der Waals surface area (Å²) in [7, 11) is 0. The standard InChI is InChI=1S/C15H12Cl2O2/c1-10(15(18)11-5-3-2-4-6-11)19-14-8-12(16)7-13(17)9-14/h2-10H,1H3. The Labute approximate surface area is 121 Å². The van der Waals surface area contributed by atoms with Gasteiger partial charge in [-0.25, -0.2) is 0 Å². The molecule has 1 atom stereocenters. The van der Waals surface area contributed by atoms with Crippen LogP contribution in [0.3, 0.4) is 0 Å².